The van der Waals surface area contributed by atoms with Crippen LogP contribution >= 0.6 is 0 Å². The van der Waals surface area contributed by atoms with E-state index in [0.29, 0.717) is 23.0 Å². The molecule has 0 saturated carbocycles. The molecule has 2 heterocycles. The molecule has 8 nitrogen and oxygen atoms in total. The summed E-state index contributed by atoms with van der Waals surface area (Å²) in [6.45, 7) is 5.44. The first kappa shape index (κ1) is 20.6. The van der Waals surface area contributed by atoms with E-state index in [1.165, 1.54) is 0 Å². The second kappa shape index (κ2) is 8.59. The highest BCUT2D eigenvalue weighted by Crippen LogP contribution is 2.32. The third kappa shape index (κ3) is 4.42. The van der Waals surface area contributed by atoms with E-state index in [0.717, 1.165) is 17.7 Å². The summed E-state index contributed by atoms with van der Waals surface area (Å²) in [5, 5.41) is 3.76. The second-order valence-electron chi connectivity index (χ2n) is 7.48. The lowest BCUT2D eigenvalue weighted by molar-refractivity contribution is -0.126. The number of ether oxygens (including phenoxy) is 2. The number of benzene rings is 2. The van der Waals surface area contributed by atoms with Gasteiger partial charge in [-0.15, -0.1) is 0 Å². The van der Waals surface area contributed by atoms with Gasteiger partial charge in [0.05, 0.1) is 5.56 Å². The molecular formula is C23H23N3O5. The van der Waals surface area contributed by atoms with E-state index in [4.69, 9.17) is 14.0 Å². The molecule has 1 aromatic heterocycles. The van der Waals surface area contributed by atoms with Crippen LogP contribution in [0.2, 0.25) is 0 Å². The van der Waals surface area contributed by atoms with Gasteiger partial charge in [0.25, 0.3) is 5.91 Å². The van der Waals surface area contributed by atoms with Gasteiger partial charge >= 0.3 is 5.97 Å². The van der Waals surface area contributed by atoms with Gasteiger partial charge in [-0.05, 0) is 56.2 Å². The minimum absolute atomic E-state index is 0.0190. The maximum absolute atomic E-state index is 13.0. The van der Waals surface area contributed by atoms with Crippen LogP contribution in [0, 0.1) is 6.92 Å². The normalized spacial score (nSPS) is 16.0. The molecule has 0 bridgehead atoms. The van der Waals surface area contributed by atoms with Crippen LogP contribution in [0.5, 0.6) is 5.75 Å². The summed E-state index contributed by atoms with van der Waals surface area (Å²) in [7, 11) is 0. The predicted octanol–water partition coefficient (Wildman–Crippen LogP) is 3.48. The van der Waals surface area contributed by atoms with Crippen LogP contribution in [0.15, 0.2) is 53.1 Å². The molecule has 0 aliphatic carbocycles. The number of esters is 1. The molecule has 1 aliphatic heterocycles. The average molecular weight is 421 g/mol. The van der Waals surface area contributed by atoms with E-state index < -0.39 is 12.1 Å². The summed E-state index contributed by atoms with van der Waals surface area (Å²) in [4.78, 5) is 31.3. The third-order valence-electron chi connectivity index (χ3n) is 5.10. The van der Waals surface area contributed by atoms with Crippen LogP contribution in [0.25, 0.3) is 0 Å². The minimum atomic E-state index is -0.904. The van der Waals surface area contributed by atoms with Gasteiger partial charge < -0.3 is 18.9 Å². The van der Waals surface area contributed by atoms with Gasteiger partial charge in [-0.3, -0.25) is 4.79 Å². The number of carbonyl (C=O) groups is 2. The van der Waals surface area contributed by atoms with Crippen molar-refractivity contribution < 1.29 is 23.6 Å². The largest absolute Gasteiger partial charge is 0.485 e. The van der Waals surface area contributed by atoms with E-state index in [2.05, 4.69) is 10.1 Å². The Morgan fingerprint density at radius 3 is 2.65 bits per heavy atom. The Morgan fingerprint density at radius 2 is 1.94 bits per heavy atom. The van der Waals surface area contributed by atoms with Crippen LogP contribution in [0.3, 0.4) is 0 Å². The molecule has 0 radical (unpaired) electrons. The van der Waals surface area contributed by atoms with E-state index >= 15 is 0 Å². The SMILES string of the molecule is Cc1nc(COc2ccc(C(=O)OC(C)C(=O)N3c4ccccc4CC3C)cc2)no1. The summed E-state index contributed by atoms with van der Waals surface area (Å²) in [5.41, 5.74) is 2.33. The molecule has 0 spiro atoms. The number of nitrogens with zero attached hydrogens (tertiary/aromatic N) is 3. The zero-order chi connectivity index (χ0) is 22.0. The molecular weight excluding hydrogens is 398 g/mol. The number of hydrogen-bond donors (Lipinski definition) is 0. The standard InChI is InChI=1S/C23H23N3O5/c1-14-12-18-6-4-5-7-20(18)26(14)22(27)15(2)30-23(28)17-8-10-19(11-9-17)29-13-21-24-16(3)31-25-21/h4-11,14-15H,12-13H2,1-3H3. The first-order chi connectivity index (χ1) is 14.9. The molecule has 1 aliphatic rings. The second-order valence-corrected chi connectivity index (χ2v) is 7.48. The molecule has 2 unspecified atom stereocenters. The fourth-order valence-electron chi connectivity index (χ4n) is 3.61. The maximum Gasteiger partial charge on any atom is 0.338 e. The summed E-state index contributed by atoms with van der Waals surface area (Å²) >= 11 is 0. The number of carbonyl (C=O) groups excluding carboxylic acids is 2. The van der Waals surface area contributed by atoms with Crippen LogP contribution in [-0.4, -0.2) is 34.2 Å². The van der Waals surface area contributed by atoms with E-state index in [9.17, 15) is 9.59 Å². The lowest BCUT2D eigenvalue weighted by Crippen LogP contribution is -2.43. The molecule has 0 N–H and O–H groups in total. The number of anilines is 1. The Bertz CT molecular complexity index is 1090. The Kier molecular flexibility index (Phi) is 5.70. The van der Waals surface area contributed by atoms with Crippen LogP contribution in [0.4, 0.5) is 5.69 Å². The van der Waals surface area contributed by atoms with Gasteiger partial charge in [-0.25, -0.2) is 4.79 Å². The molecule has 2 aromatic carbocycles. The summed E-state index contributed by atoms with van der Waals surface area (Å²) in [6.07, 6.45) is -0.119. The van der Waals surface area contributed by atoms with Crippen molar-refractivity contribution in [3.63, 3.8) is 0 Å². The number of para-hydroxylation sites is 1. The Labute approximate surface area is 179 Å². The zero-order valence-electron chi connectivity index (χ0n) is 17.6. The van der Waals surface area contributed by atoms with Gasteiger partial charge in [0, 0.05) is 18.7 Å². The van der Waals surface area contributed by atoms with Crippen LogP contribution in [0.1, 0.15) is 41.5 Å². The smallest absolute Gasteiger partial charge is 0.338 e. The van der Waals surface area contributed by atoms with Gasteiger partial charge in [0.1, 0.15) is 5.75 Å². The highest BCUT2D eigenvalue weighted by Gasteiger charge is 2.34. The number of aryl methyl sites for hydroxylation is 1. The third-order valence-corrected chi connectivity index (χ3v) is 5.10. The zero-order valence-corrected chi connectivity index (χ0v) is 17.6. The van der Waals surface area contributed by atoms with Crippen molar-refractivity contribution in [3.8, 4) is 5.75 Å². The van der Waals surface area contributed by atoms with Crippen molar-refractivity contribution in [1.29, 1.82) is 0 Å². The number of fused-ring (bicyclic) bond motifs is 1. The number of amides is 1. The summed E-state index contributed by atoms with van der Waals surface area (Å²) in [6, 6.07) is 14.3. The van der Waals surface area contributed by atoms with Crippen molar-refractivity contribution in [2.24, 2.45) is 0 Å². The number of rotatable bonds is 6. The Balaban J connectivity index is 1.36. The van der Waals surface area contributed by atoms with Crippen molar-refractivity contribution in [2.75, 3.05) is 4.90 Å². The fraction of sp³-hybridized carbons (Fsp3) is 0.304. The monoisotopic (exact) mass is 421 g/mol. The maximum atomic E-state index is 13.0. The molecule has 3 aromatic rings. The van der Waals surface area contributed by atoms with Gasteiger partial charge in [0.2, 0.25) is 11.7 Å². The van der Waals surface area contributed by atoms with Crippen LogP contribution in [-0.2, 0) is 22.6 Å². The van der Waals surface area contributed by atoms with Crippen molar-refractivity contribution in [3.05, 3.63) is 71.4 Å². The van der Waals surface area contributed by atoms with Gasteiger partial charge in [-0.1, -0.05) is 23.4 Å². The van der Waals surface area contributed by atoms with Crippen molar-refractivity contribution >= 4 is 17.6 Å². The first-order valence-electron chi connectivity index (χ1n) is 10.1. The lowest BCUT2D eigenvalue weighted by atomic mass is 10.1. The quantitative estimate of drug-likeness (QED) is 0.562. The molecule has 2 atom stereocenters. The van der Waals surface area contributed by atoms with Crippen LogP contribution < -0.4 is 9.64 Å². The van der Waals surface area contributed by atoms with Crippen molar-refractivity contribution in [2.45, 2.75) is 45.9 Å². The van der Waals surface area contributed by atoms with E-state index in [1.54, 1.807) is 43.0 Å². The van der Waals surface area contributed by atoms with Crippen molar-refractivity contribution in [1.82, 2.24) is 10.1 Å². The lowest BCUT2D eigenvalue weighted by Gasteiger charge is -2.26. The topological polar surface area (TPSA) is 94.8 Å². The minimum Gasteiger partial charge on any atom is -0.485 e. The van der Waals surface area contributed by atoms with Gasteiger partial charge in [-0.2, -0.15) is 4.98 Å². The first-order valence-corrected chi connectivity index (χ1v) is 10.1. The predicted molar refractivity (Wildman–Crippen MR) is 112 cm³/mol. The molecule has 160 valence electrons. The summed E-state index contributed by atoms with van der Waals surface area (Å²) in [5.74, 6) is 0.645. The molecule has 0 saturated heterocycles. The molecule has 8 heteroatoms. The molecule has 31 heavy (non-hydrogen) atoms. The molecule has 0 fully saturated rings. The fourth-order valence-corrected chi connectivity index (χ4v) is 3.61. The van der Waals surface area contributed by atoms with E-state index in [-0.39, 0.29) is 18.6 Å². The Hall–Kier alpha value is -3.68. The molecule has 1 amide bonds. The molecule has 4 rings (SSSR count). The highest BCUT2D eigenvalue weighted by atomic mass is 16.5. The highest BCUT2D eigenvalue weighted by molar-refractivity contribution is 6.00. The van der Waals surface area contributed by atoms with E-state index in [1.807, 2.05) is 31.2 Å². The Morgan fingerprint density at radius 1 is 1.19 bits per heavy atom. The number of hydrogen-bond acceptors (Lipinski definition) is 7. The number of aromatic nitrogens is 2. The average Bonchev–Trinajstić information content (AvgIpc) is 3.33. The van der Waals surface area contributed by atoms with Gasteiger partial charge in [0.15, 0.2) is 12.7 Å². The summed E-state index contributed by atoms with van der Waals surface area (Å²) < 4.78 is 15.9.